The molecule has 0 bridgehead atoms. The van der Waals surface area contributed by atoms with E-state index in [4.69, 9.17) is 5.11 Å². The molecule has 0 heterocycles. The zero-order valence-electron chi connectivity index (χ0n) is 4.44. The third-order valence-corrected chi connectivity index (χ3v) is 0.665. The second-order valence-corrected chi connectivity index (χ2v) is 1.40. The van der Waals surface area contributed by atoms with Crippen LogP contribution in [-0.4, -0.2) is 24.5 Å². The Morgan fingerprint density at radius 1 is 1.67 bits per heavy atom. The number of ether oxygens (including phenoxy) is 1. The maximum Gasteiger partial charge on any atom is 0.333 e. The third kappa shape index (κ3) is 5.36. The highest BCUT2D eigenvalue weighted by Crippen LogP contribution is 1.92. The molecule has 0 rings (SSSR count). The second kappa shape index (κ2) is 5.62. The smallest absolute Gasteiger partial charge is 0.333 e. The van der Waals surface area contributed by atoms with Crippen LogP contribution in [0.4, 0.5) is 0 Å². The Morgan fingerprint density at radius 2 is 2.33 bits per heavy atom. The molecule has 0 saturated carbocycles. The first kappa shape index (κ1) is 8.49. The van der Waals surface area contributed by atoms with Gasteiger partial charge in [0.1, 0.15) is 6.61 Å². The quantitative estimate of drug-likeness (QED) is 0.259. The molecule has 52 valence electrons. The average molecular weight is 152 g/mol. The third-order valence-electron chi connectivity index (χ3n) is 0.454. The van der Waals surface area contributed by atoms with E-state index in [1.165, 1.54) is 0 Å². The monoisotopic (exact) mass is 152 g/mol. The molecule has 0 radical (unpaired) electrons. The summed E-state index contributed by atoms with van der Waals surface area (Å²) in [7, 11) is -0.552. The van der Waals surface area contributed by atoms with Crippen molar-refractivity contribution in [2.45, 2.75) is 0 Å². The predicted molar refractivity (Wildman–Crippen MR) is 26.7 cm³/mol. The molecule has 0 aliphatic rings. The average Bonchev–Trinajstić information content (AvgIpc) is 1.89. The SMILES string of the molecule is O=POCOC(=O)CO. The Morgan fingerprint density at radius 3 is 2.78 bits per heavy atom. The van der Waals surface area contributed by atoms with Gasteiger partial charge in [0.15, 0.2) is 0 Å². The molecule has 0 aliphatic heterocycles. The van der Waals surface area contributed by atoms with E-state index < -0.39 is 28.1 Å². The van der Waals surface area contributed by atoms with Crippen LogP contribution in [0.15, 0.2) is 0 Å². The molecular formula is C3H5O5P. The summed E-state index contributed by atoms with van der Waals surface area (Å²) >= 11 is 0. The Balaban J connectivity index is 3.06. The van der Waals surface area contributed by atoms with Crippen molar-refractivity contribution in [2.75, 3.05) is 13.4 Å². The highest BCUT2D eigenvalue weighted by molar-refractivity contribution is 7.17. The van der Waals surface area contributed by atoms with Crippen LogP contribution >= 0.6 is 8.69 Å². The number of aliphatic hydroxyl groups excluding tert-OH is 1. The summed E-state index contributed by atoms with van der Waals surface area (Å²) in [5.74, 6) is -0.807. The zero-order valence-corrected chi connectivity index (χ0v) is 5.34. The van der Waals surface area contributed by atoms with Crippen molar-refractivity contribution in [2.24, 2.45) is 0 Å². The van der Waals surface area contributed by atoms with Gasteiger partial charge >= 0.3 is 14.7 Å². The van der Waals surface area contributed by atoms with E-state index in [1.54, 1.807) is 0 Å². The van der Waals surface area contributed by atoms with Gasteiger partial charge in [0, 0.05) is 0 Å². The highest BCUT2D eigenvalue weighted by Gasteiger charge is 1.96. The first-order valence-electron chi connectivity index (χ1n) is 2.02. The van der Waals surface area contributed by atoms with Gasteiger partial charge in [0.25, 0.3) is 0 Å². The fourth-order valence-corrected chi connectivity index (χ4v) is 0.255. The number of hydrogen-bond donors (Lipinski definition) is 1. The second-order valence-electron chi connectivity index (χ2n) is 0.996. The maximum atomic E-state index is 10.0. The molecule has 0 aromatic heterocycles. The molecule has 0 amide bonds. The van der Waals surface area contributed by atoms with Gasteiger partial charge < -0.3 is 9.84 Å². The molecule has 5 nitrogen and oxygen atoms in total. The Kier molecular flexibility index (Phi) is 5.30. The Labute approximate surface area is 52.9 Å². The molecule has 9 heavy (non-hydrogen) atoms. The number of hydrogen-bond acceptors (Lipinski definition) is 5. The van der Waals surface area contributed by atoms with Crippen molar-refractivity contribution in [1.82, 2.24) is 0 Å². The van der Waals surface area contributed by atoms with E-state index in [9.17, 15) is 9.36 Å². The summed E-state index contributed by atoms with van der Waals surface area (Å²) in [6.45, 7) is -1.09. The minimum atomic E-state index is -0.807. The van der Waals surface area contributed by atoms with Gasteiger partial charge in [0.05, 0.1) is 0 Å². The van der Waals surface area contributed by atoms with E-state index in [2.05, 4.69) is 9.26 Å². The molecule has 0 fully saturated rings. The number of carbonyl (C=O) groups is 1. The Bertz CT molecular complexity index is 102. The van der Waals surface area contributed by atoms with Gasteiger partial charge in [-0.25, -0.2) is 9.36 Å². The minimum Gasteiger partial charge on any atom is -0.436 e. The van der Waals surface area contributed by atoms with Gasteiger partial charge in [-0.3, -0.25) is 4.52 Å². The highest BCUT2D eigenvalue weighted by atomic mass is 31.1. The van der Waals surface area contributed by atoms with Gasteiger partial charge in [-0.15, -0.1) is 0 Å². The number of esters is 1. The topological polar surface area (TPSA) is 72.8 Å². The lowest BCUT2D eigenvalue weighted by atomic mass is 10.8. The molecule has 0 unspecified atom stereocenters. The van der Waals surface area contributed by atoms with Crippen LogP contribution in [0.3, 0.4) is 0 Å². The lowest BCUT2D eigenvalue weighted by molar-refractivity contribution is -0.153. The zero-order chi connectivity index (χ0) is 7.11. The Hall–Kier alpha value is -0.510. The van der Waals surface area contributed by atoms with Crippen molar-refractivity contribution < 1.29 is 23.7 Å². The fraction of sp³-hybridized carbons (Fsp3) is 0.667. The van der Waals surface area contributed by atoms with Crippen molar-refractivity contribution >= 4 is 14.7 Å². The standard InChI is InChI=1S/C3H5O5P/c4-1-3(5)7-2-8-9-6/h4H,1-2H2. The van der Waals surface area contributed by atoms with E-state index >= 15 is 0 Å². The number of rotatable bonds is 4. The summed E-state index contributed by atoms with van der Waals surface area (Å²) in [6, 6.07) is 0. The van der Waals surface area contributed by atoms with Gasteiger partial charge in [-0.2, -0.15) is 0 Å². The largest absolute Gasteiger partial charge is 0.436 e. The minimum absolute atomic E-state index is 0.398. The molecule has 1 N–H and O–H groups in total. The molecule has 6 heteroatoms. The summed E-state index contributed by atoms with van der Waals surface area (Å²) in [4.78, 5) is 10.0. The summed E-state index contributed by atoms with van der Waals surface area (Å²) in [5.41, 5.74) is 0. The number of aliphatic hydroxyl groups is 1. The fourth-order valence-electron chi connectivity index (χ4n) is 0.159. The van der Waals surface area contributed by atoms with E-state index in [1.807, 2.05) is 0 Å². The summed E-state index contributed by atoms with van der Waals surface area (Å²) < 4.78 is 17.7. The molecule has 0 spiro atoms. The van der Waals surface area contributed by atoms with Gasteiger partial charge in [-0.1, -0.05) is 0 Å². The van der Waals surface area contributed by atoms with Crippen molar-refractivity contribution in [3.05, 3.63) is 0 Å². The van der Waals surface area contributed by atoms with Crippen LogP contribution in [-0.2, 0) is 18.6 Å². The molecule has 0 aromatic rings. The van der Waals surface area contributed by atoms with Crippen LogP contribution in [0.2, 0.25) is 0 Å². The van der Waals surface area contributed by atoms with Crippen molar-refractivity contribution in [3.8, 4) is 0 Å². The van der Waals surface area contributed by atoms with Crippen LogP contribution in [0.25, 0.3) is 0 Å². The number of carbonyl (C=O) groups excluding carboxylic acids is 1. The first-order chi connectivity index (χ1) is 4.31. The van der Waals surface area contributed by atoms with Crippen LogP contribution in [0.1, 0.15) is 0 Å². The normalized spacial score (nSPS) is 9.44. The predicted octanol–water partition coefficient (Wildman–Crippen LogP) is -0.297. The van der Waals surface area contributed by atoms with Crippen LogP contribution in [0.5, 0.6) is 0 Å². The molecule has 0 saturated heterocycles. The molecule has 0 aliphatic carbocycles. The molecule has 0 aromatic carbocycles. The molecule has 0 atom stereocenters. The van der Waals surface area contributed by atoms with E-state index in [0.29, 0.717) is 0 Å². The van der Waals surface area contributed by atoms with E-state index in [0.717, 1.165) is 0 Å². The van der Waals surface area contributed by atoms with Gasteiger partial charge in [-0.05, 0) is 0 Å². The summed E-state index contributed by atoms with van der Waals surface area (Å²) in [6.07, 6.45) is 0. The van der Waals surface area contributed by atoms with Gasteiger partial charge in [0.2, 0.25) is 6.79 Å². The lowest BCUT2D eigenvalue weighted by Crippen LogP contribution is -2.09. The summed E-state index contributed by atoms with van der Waals surface area (Å²) in [5, 5.41) is 8.02. The van der Waals surface area contributed by atoms with Crippen molar-refractivity contribution in [1.29, 1.82) is 0 Å². The lowest BCUT2D eigenvalue weighted by Gasteiger charge is -1.95. The first-order valence-corrected chi connectivity index (χ1v) is 2.75. The van der Waals surface area contributed by atoms with Crippen molar-refractivity contribution in [3.63, 3.8) is 0 Å². The molecular weight excluding hydrogens is 147 g/mol. The van der Waals surface area contributed by atoms with Crippen LogP contribution < -0.4 is 0 Å². The van der Waals surface area contributed by atoms with E-state index in [-0.39, 0.29) is 0 Å². The van der Waals surface area contributed by atoms with Crippen LogP contribution in [0, 0.1) is 0 Å². The maximum absolute atomic E-state index is 10.0.